The molecule has 0 fully saturated rings. The lowest BCUT2D eigenvalue weighted by Crippen LogP contribution is -2.27. The van der Waals surface area contributed by atoms with Gasteiger partial charge in [0, 0.05) is 18.8 Å². The van der Waals surface area contributed by atoms with E-state index >= 15 is 0 Å². The fraction of sp³-hybridized carbons (Fsp3) is 0.471. The predicted octanol–water partition coefficient (Wildman–Crippen LogP) is 2.65. The number of benzene rings is 1. The summed E-state index contributed by atoms with van der Waals surface area (Å²) in [5.41, 5.74) is 1.83. The number of aliphatic hydroxyl groups is 1. The minimum atomic E-state index is -0.338. The number of halogens is 1. The largest absolute Gasteiger partial charge is 0.393 e. The molecule has 0 bridgehead atoms. The first kappa shape index (κ1) is 16.6. The molecule has 0 saturated carbocycles. The Kier molecular flexibility index (Phi) is 5.69. The van der Waals surface area contributed by atoms with Gasteiger partial charge in [0.25, 0.3) is 0 Å². The average molecular weight is 305 g/mol. The molecule has 0 saturated heterocycles. The van der Waals surface area contributed by atoms with Gasteiger partial charge >= 0.3 is 0 Å². The predicted molar refractivity (Wildman–Crippen MR) is 84.9 cm³/mol. The SMILES string of the molecule is CC(C)C(O)CCNC(c1cccc(F)c1)c1cnn(C)c1. The van der Waals surface area contributed by atoms with Crippen LogP contribution in [-0.2, 0) is 7.05 Å². The quantitative estimate of drug-likeness (QED) is 0.827. The summed E-state index contributed by atoms with van der Waals surface area (Å²) in [5, 5.41) is 17.5. The van der Waals surface area contributed by atoms with Crippen molar-refractivity contribution in [2.45, 2.75) is 32.4 Å². The van der Waals surface area contributed by atoms with Gasteiger partial charge in [0.2, 0.25) is 0 Å². The Hall–Kier alpha value is -1.72. The van der Waals surface area contributed by atoms with E-state index in [1.54, 1.807) is 16.9 Å². The third-order valence-corrected chi connectivity index (χ3v) is 3.80. The van der Waals surface area contributed by atoms with Crippen LogP contribution < -0.4 is 5.32 Å². The van der Waals surface area contributed by atoms with Gasteiger partial charge in [0.1, 0.15) is 5.82 Å². The van der Waals surface area contributed by atoms with Crippen LogP contribution in [0.4, 0.5) is 4.39 Å². The minimum Gasteiger partial charge on any atom is -0.393 e. The van der Waals surface area contributed by atoms with Crippen LogP contribution in [0.2, 0.25) is 0 Å². The molecule has 1 aromatic heterocycles. The maximum absolute atomic E-state index is 13.5. The van der Waals surface area contributed by atoms with Gasteiger partial charge < -0.3 is 10.4 Å². The van der Waals surface area contributed by atoms with E-state index in [-0.39, 0.29) is 23.9 Å². The molecule has 2 unspecified atom stereocenters. The van der Waals surface area contributed by atoms with Crippen molar-refractivity contribution in [2.24, 2.45) is 13.0 Å². The Bertz CT molecular complexity index is 597. The number of rotatable bonds is 7. The van der Waals surface area contributed by atoms with Crippen molar-refractivity contribution in [2.75, 3.05) is 6.54 Å². The molecule has 0 radical (unpaired) electrons. The normalized spacial score (nSPS) is 14.3. The maximum atomic E-state index is 13.5. The van der Waals surface area contributed by atoms with Crippen molar-refractivity contribution in [3.05, 3.63) is 53.6 Å². The van der Waals surface area contributed by atoms with Gasteiger partial charge in [-0.2, -0.15) is 5.10 Å². The molecule has 22 heavy (non-hydrogen) atoms. The first-order valence-corrected chi connectivity index (χ1v) is 7.63. The summed E-state index contributed by atoms with van der Waals surface area (Å²) < 4.78 is 15.2. The molecule has 1 aromatic carbocycles. The van der Waals surface area contributed by atoms with Crippen molar-refractivity contribution >= 4 is 0 Å². The summed E-state index contributed by atoms with van der Waals surface area (Å²) in [4.78, 5) is 0. The standard InChI is InChI=1S/C17H24FN3O/c1-12(2)16(22)7-8-19-17(14-10-20-21(3)11-14)13-5-4-6-15(18)9-13/h4-6,9-12,16-17,19,22H,7-8H2,1-3H3. The van der Waals surface area contributed by atoms with Crippen molar-refractivity contribution in [3.8, 4) is 0 Å². The molecule has 2 N–H and O–H groups in total. The van der Waals surface area contributed by atoms with E-state index in [0.717, 1.165) is 11.1 Å². The molecule has 0 aliphatic heterocycles. The van der Waals surface area contributed by atoms with Crippen LogP contribution in [0.25, 0.3) is 0 Å². The molecule has 1 heterocycles. The van der Waals surface area contributed by atoms with Crippen LogP contribution in [0.3, 0.4) is 0 Å². The molecular formula is C17H24FN3O. The third kappa shape index (κ3) is 4.39. The molecule has 0 amide bonds. The maximum Gasteiger partial charge on any atom is 0.123 e. The van der Waals surface area contributed by atoms with Gasteiger partial charge in [-0.15, -0.1) is 0 Å². The van der Waals surface area contributed by atoms with E-state index in [4.69, 9.17) is 0 Å². The van der Waals surface area contributed by atoms with E-state index < -0.39 is 0 Å². The topological polar surface area (TPSA) is 50.1 Å². The smallest absolute Gasteiger partial charge is 0.123 e. The Morgan fingerprint density at radius 3 is 2.68 bits per heavy atom. The van der Waals surface area contributed by atoms with Gasteiger partial charge in [-0.1, -0.05) is 26.0 Å². The molecule has 120 valence electrons. The second-order valence-corrected chi connectivity index (χ2v) is 5.99. The summed E-state index contributed by atoms with van der Waals surface area (Å²) in [5.74, 6) is -0.0248. The van der Waals surface area contributed by atoms with Crippen LogP contribution in [0.1, 0.15) is 37.4 Å². The van der Waals surface area contributed by atoms with E-state index in [1.165, 1.54) is 12.1 Å². The Labute approximate surface area is 131 Å². The summed E-state index contributed by atoms with van der Waals surface area (Å²) in [7, 11) is 1.86. The highest BCUT2D eigenvalue weighted by Gasteiger charge is 2.17. The van der Waals surface area contributed by atoms with Gasteiger partial charge in [-0.05, 0) is 36.6 Å². The number of aliphatic hydroxyl groups excluding tert-OH is 1. The molecule has 2 rings (SSSR count). The van der Waals surface area contributed by atoms with Crippen LogP contribution in [-0.4, -0.2) is 27.5 Å². The first-order valence-electron chi connectivity index (χ1n) is 7.63. The summed E-state index contributed by atoms with van der Waals surface area (Å²) in [6.07, 6.45) is 4.02. The zero-order valence-electron chi connectivity index (χ0n) is 13.3. The zero-order chi connectivity index (χ0) is 16.1. The van der Waals surface area contributed by atoms with Gasteiger partial charge in [-0.3, -0.25) is 4.68 Å². The van der Waals surface area contributed by atoms with Crippen molar-refractivity contribution < 1.29 is 9.50 Å². The van der Waals surface area contributed by atoms with Crippen LogP contribution in [0, 0.1) is 11.7 Å². The number of aromatic nitrogens is 2. The highest BCUT2D eigenvalue weighted by molar-refractivity contribution is 5.29. The monoisotopic (exact) mass is 305 g/mol. The van der Waals surface area contributed by atoms with Crippen LogP contribution in [0.5, 0.6) is 0 Å². The lowest BCUT2D eigenvalue weighted by Gasteiger charge is -2.20. The zero-order valence-corrected chi connectivity index (χ0v) is 13.3. The number of hydrogen-bond acceptors (Lipinski definition) is 3. The van der Waals surface area contributed by atoms with E-state index in [0.29, 0.717) is 13.0 Å². The van der Waals surface area contributed by atoms with Gasteiger partial charge in [0.05, 0.1) is 18.3 Å². The third-order valence-electron chi connectivity index (χ3n) is 3.80. The molecule has 0 aliphatic rings. The minimum absolute atomic E-state index is 0.135. The van der Waals surface area contributed by atoms with Crippen molar-refractivity contribution in [1.29, 1.82) is 0 Å². The lowest BCUT2D eigenvalue weighted by molar-refractivity contribution is 0.115. The summed E-state index contributed by atoms with van der Waals surface area (Å²) >= 11 is 0. The average Bonchev–Trinajstić information content (AvgIpc) is 2.89. The molecule has 4 nitrogen and oxygen atoms in total. The number of aryl methyl sites for hydroxylation is 1. The molecular weight excluding hydrogens is 281 g/mol. The molecule has 0 spiro atoms. The van der Waals surface area contributed by atoms with E-state index in [9.17, 15) is 9.50 Å². The molecule has 2 aromatic rings. The molecule has 5 heteroatoms. The highest BCUT2D eigenvalue weighted by atomic mass is 19.1. The Morgan fingerprint density at radius 2 is 2.09 bits per heavy atom. The van der Waals surface area contributed by atoms with Crippen LogP contribution in [0.15, 0.2) is 36.7 Å². The fourth-order valence-corrected chi connectivity index (χ4v) is 2.41. The van der Waals surface area contributed by atoms with Gasteiger partial charge in [0.15, 0.2) is 0 Å². The lowest BCUT2D eigenvalue weighted by atomic mass is 10.00. The number of nitrogens with one attached hydrogen (secondary N) is 1. The number of nitrogens with zero attached hydrogens (tertiary/aromatic N) is 2. The first-order chi connectivity index (χ1) is 10.5. The van der Waals surface area contributed by atoms with Crippen molar-refractivity contribution in [3.63, 3.8) is 0 Å². The molecule has 2 atom stereocenters. The highest BCUT2D eigenvalue weighted by Crippen LogP contribution is 2.22. The van der Waals surface area contributed by atoms with E-state index in [1.807, 2.05) is 33.2 Å². The fourth-order valence-electron chi connectivity index (χ4n) is 2.41. The second kappa shape index (κ2) is 7.51. The van der Waals surface area contributed by atoms with E-state index in [2.05, 4.69) is 10.4 Å². The summed E-state index contributed by atoms with van der Waals surface area (Å²) in [6.45, 7) is 4.64. The summed E-state index contributed by atoms with van der Waals surface area (Å²) in [6, 6.07) is 6.44. The van der Waals surface area contributed by atoms with Gasteiger partial charge in [-0.25, -0.2) is 4.39 Å². The number of hydrogen-bond donors (Lipinski definition) is 2. The Balaban J connectivity index is 2.12. The second-order valence-electron chi connectivity index (χ2n) is 5.99. The Morgan fingerprint density at radius 1 is 1.32 bits per heavy atom. The van der Waals surface area contributed by atoms with Crippen molar-refractivity contribution in [1.82, 2.24) is 15.1 Å². The molecule has 0 aliphatic carbocycles. The van der Waals surface area contributed by atoms with Crippen LogP contribution >= 0.6 is 0 Å².